The van der Waals surface area contributed by atoms with Crippen molar-refractivity contribution in [1.82, 2.24) is 19.9 Å². The minimum absolute atomic E-state index is 0.641. The summed E-state index contributed by atoms with van der Waals surface area (Å²) in [6.45, 7) is 0. The third-order valence-electron chi connectivity index (χ3n) is 10.3. The number of pyridine rings is 1. The van der Waals surface area contributed by atoms with E-state index in [4.69, 9.17) is 19.9 Å². The Morgan fingerprint density at radius 2 is 0.732 bits per heavy atom. The molecular formula is C52H34N4. The lowest BCUT2D eigenvalue weighted by Gasteiger charge is -2.14. The summed E-state index contributed by atoms with van der Waals surface area (Å²) in [7, 11) is 0. The van der Waals surface area contributed by atoms with E-state index in [0.717, 1.165) is 50.2 Å². The molecule has 0 radical (unpaired) electrons. The van der Waals surface area contributed by atoms with Crippen molar-refractivity contribution in [3.8, 4) is 78.8 Å². The van der Waals surface area contributed by atoms with Crippen LogP contribution in [0.2, 0.25) is 0 Å². The molecule has 0 N–H and O–H groups in total. The second-order valence-electron chi connectivity index (χ2n) is 13.9. The van der Waals surface area contributed by atoms with Crippen LogP contribution in [0.15, 0.2) is 206 Å². The average molecular weight is 715 g/mol. The molecule has 0 bridgehead atoms. The highest BCUT2D eigenvalue weighted by Gasteiger charge is 2.15. The minimum Gasteiger partial charge on any atom is -0.248 e. The van der Waals surface area contributed by atoms with Crippen LogP contribution in [-0.2, 0) is 0 Å². The second kappa shape index (κ2) is 14.3. The Morgan fingerprint density at radius 3 is 1.32 bits per heavy atom. The molecule has 4 heteroatoms. The standard InChI is InChI=1S/C52H34N4/c1-5-14-37(15-6-1)46-34-48(38-16-7-2-8-17-38)53-47-31-29-43-32-42(28-30-45(43)49(46)47)36-26-24-35(25-27-36)41-22-13-23-44(33-41)52-55-50(39-18-9-3-10-19-39)54-51(56-52)40-20-11-4-12-21-40/h1-34H. The molecule has 0 saturated heterocycles. The van der Waals surface area contributed by atoms with E-state index in [1.165, 1.54) is 32.8 Å². The largest absolute Gasteiger partial charge is 0.248 e. The van der Waals surface area contributed by atoms with Crippen molar-refractivity contribution in [3.63, 3.8) is 0 Å². The molecule has 0 aliphatic carbocycles. The highest BCUT2D eigenvalue weighted by molar-refractivity contribution is 6.14. The molecule has 0 fully saturated rings. The Kier molecular flexibility index (Phi) is 8.47. The van der Waals surface area contributed by atoms with Gasteiger partial charge < -0.3 is 0 Å². The van der Waals surface area contributed by atoms with E-state index < -0.39 is 0 Å². The van der Waals surface area contributed by atoms with Gasteiger partial charge in [0.15, 0.2) is 17.5 Å². The molecule has 0 aliphatic rings. The third kappa shape index (κ3) is 6.40. The Labute approximate surface area is 325 Å². The molecule has 0 spiro atoms. The third-order valence-corrected chi connectivity index (χ3v) is 10.3. The van der Waals surface area contributed by atoms with Crippen LogP contribution in [0.5, 0.6) is 0 Å². The predicted molar refractivity (Wildman–Crippen MR) is 231 cm³/mol. The first kappa shape index (κ1) is 33.0. The molecule has 0 amide bonds. The zero-order valence-corrected chi connectivity index (χ0v) is 30.4. The van der Waals surface area contributed by atoms with E-state index >= 15 is 0 Å². The number of aromatic nitrogens is 4. The van der Waals surface area contributed by atoms with Crippen LogP contribution in [0, 0.1) is 0 Å². The fourth-order valence-corrected chi connectivity index (χ4v) is 7.48. The van der Waals surface area contributed by atoms with Gasteiger partial charge in [0.25, 0.3) is 0 Å². The number of nitrogens with zero attached hydrogens (tertiary/aromatic N) is 4. The van der Waals surface area contributed by atoms with Crippen molar-refractivity contribution in [3.05, 3.63) is 206 Å². The van der Waals surface area contributed by atoms with Gasteiger partial charge in [-0.05, 0) is 68.4 Å². The maximum atomic E-state index is 5.15. The van der Waals surface area contributed by atoms with Crippen molar-refractivity contribution in [2.24, 2.45) is 0 Å². The SMILES string of the molecule is c1ccc(-c2cc(-c3ccccc3)c3c(ccc4cc(-c5ccc(-c6cccc(-c7nc(-c8ccccc8)nc(-c8ccccc8)n7)c6)cc5)ccc43)n2)cc1. The van der Waals surface area contributed by atoms with Gasteiger partial charge in [-0.3, -0.25) is 0 Å². The van der Waals surface area contributed by atoms with Crippen LogP contribution in [0.1, 0.15) is 0 Å². The van der Waals surface area contributed by atoms with Crippen molar-refractivity contribution in [2.75, 3.05) is 0 Å². The summed E-state index contributed by atoms with van der Waals surface area (Å²) in [6.07, 6.45) is 0. The summed E-state index contributed by atoms with van der Waals surface area (Å²) < 4.78 is 0. The summed E-state index contributed by atoms with van der Waals surface area (Å²) in [5.41, 5.74) is 12.8. The molecule has 4 nitrogen and oxygen atoms in total. The molecule has 2 heterocycles. The Balaban J connectivity index is 0.996. The predicted octanol–water partition coefficient (Wildman–Crippen LogP) is 13.2. The van der Waals surface area contributed by atoms with Gasteiger partial charge in [0, 0.05) is 27.6 Å². The molecule has 0 saturated carbocycles. The van der Waals surface area contributed by atoms with E-state index in [0.29, 0.717) is 17.5 Å². The first-order valence-electron chi connectivity index (χ1n) is 18.8. The maximum absolute atomic E-state index is 5.15. The second-order valence-corrected chi connectivity index (χ2v) is 13.9. The lowest BCUT2D eigenvalue weighted by molar-refractivity contribution is 1.07. The molecule has 0 aliphatic heterocycles. The zero-order valence-electron chi connectivity index (χ0n) is 30.4. The van der Waals surface area contributed by atoms with Crippen molar-refractivity contribution < 1.29 is 0 Å². The topological polar surface area (TPSA) is 51.6 Å². The van der Waals surface area contributed by atoms with Crippen molar-refractivity contribution in [2.45, 2.75) is 0 Å². The first-order valence-corrected chi connectivity index (χ1v) is 18.8. The highest BCUT2D eigenvalue weighted by atomic mass is 15.0. The number of rotatable bonds is 7. The molecule has 262 valence electrons. The van der Waals surface area contributed by atoms with Crippen LogP contribution in [0.4, 0.5) is 0 Å². The van der Waals surface area contributed by atoms with Gasteiger partial charge in [0.1, 0.15) is 0 Å². The number of benzene rings is 8. The molecule has 8 aromatic carbocycles. The summed E-state index contributed by atoms with van der Waals surface area (Å²) >= 11 is 0. The number of hydrogen-bond donors (Lipinski definition) is 0. The van der Waals surface area contributed by atoms with Gasteiger partial charge >= 0.3 is 0 Å². The fraction of sp³-hybridized carbons (Fsp3) is 0. The van der Waals surface area contributed by atoms with Crippen LogP contribution in [0.25, 0.3) is 100 Å². The average Bonchev–Trinajstić information content (AvgIpc) is 3.29. The summed E-state index contributed by atoms with van der Waals surface area (Å²) in [4.78, 5) is 19.9. The smallest absolute Gasteiger partial charge is 0.164 e. The zero-order chi connectivity index (χ0) is 37.3. The van der Waals surface area contributed by atoms with E-state index in [2.05, 4.69) is 140 Å². The van der Waals surface area contributed by atoms with Crippen molar-refractivity contribution >= 4 is 21.7 Å². The first-order chi connectivity index (χ1) is 27.7. The normalized spacial score (nSPS) is 11.2. The van der Waals surface area contributed by atoms with E-state index in [1.54, 1.807) is 0 Å². The fourth-order valence-electron chi connectivity index (χ4n) is 7.48. The molecule has 10 aromatic rings. The highest BCUT2D eigenvalue weighted by Crippen LogP contribution is 2.38. The van der Waals surface area contributed by atoms with Crippen LogP contribution < -0.4 is 0 Å². The van der Waals surface area contributed by atoms with Gasteiger partial charge in [-0.15, -0.1) is 0 Å². The van der Waals surface area contributed by atoms with Gasteiger partial charge in [-0.25, -0.2) is 19.9 Å². The summed E-state index contributed by atoms with van der Waals surface area (Å²) in [6, 6.07) is 71.8. The summed E-state index contributed by atoms with van der Waals surface area (Å²) in [5, 5.41) is 3.54. The van der Waals surface area contributed by atoms with Gasteiger partial charge in [0.05, 0.1) is 11.2 Å². The van der Waals surface area contributed by atoms with Gasteiger partial charge in [0.2, 0.25) is 0 Å². The van der Waals surface area contributed by atoms with Crippen LogP contribution in [0.3, 0.4) is 0 Å². The van der Waals surface area contributed by atoms with Crippen LogP contribution >= 0.6 is 0 Å². The minimum atomic E-state index is 0.641. The molecule has 10 rings (SSSR count). The van der Waals surface area contributed by atoms with Crippen molar-refractivity contribution in [1.29, 1.82) is 0 Å². The molecule has 0 atom stereocenters. The number of fused-ring (bicyclic) bond motifs is 3. The molecule has 2 aromatic heterocycles. The molecule has 0 unspecified atom stereocenters. The lowest BCUT2D eigenvalue weighted by atomic mass is 9.92. The quantitative estimate of drug-likeness (QED) is 0.154. The summed E-state index contributed by atoms with van der Waals surface area (Å²) in [5.74, 6) is 1.94. The van der Waals surface area contributed by atoms with E-state index in [9.17, 15) is 0 Å². The Bertz CT molecular complexity index is 2930. The van der Waals surface area contributed by atoms with E-state index in [1.807, 2.05) is 66.7 Å². The Morgan fingerprint density at radius 1 is 0.268 bits per heavy atom. The van der Waals surface area contributed by atoms with Gasteiger partial charge in [-0.1, -0.05) is 182 Å². The molecule has 56 heavy (non-hydrogen) atoms. The van der Waals surface area contributed by atoms with Gasteiger partial charge in [-0.2, -0.15) is 0 Å². The number of hydrogen-bond acceptors (Lipinski definition) is 4. The molecular weight excluding hydrogens is 681 g/mol. The lowest BCUT2D eigenvalue weighted by Crippen LogP contribution is -2.00. The Hall–Kier alpha value is -7.56. The monoisotopic (exact) mass is 714 g/mol. The van der Waals surface area contributed by atoms with E-state index in [-0.39, 0.29) is 0 Å². The maximum Gasteiger partial charge on any atom is 0.164 e. The van der Waals surface area contributed by atoms with Crippen LogP contribution in [-0.4, -0.2) is 19.9 Å².